The van der Waals surface area contributed by atoms with E-state index >= 15 is 0 Å². The molecule has 16 nitrogen and oxygen atoms in total. The number of nitrogens with two attached hydrogens (primary N) is 1. The van der Waals surface area contributed by atoms with Crippen LogP contribution in [0.1, 0.15) is 43.5 Å². The third-order valence-electron chi connectivity index (χ3n) is 9.66. The monoisotopic (exact) mass is 772 g/mol. The molecule has 0 saturated carbocycles. The predicted octanol–water partition coefficient (Wildman–Crippen LogP) is 2.42. The second-order valence-corrected chi connectivity index (χ2v) is 15.2. The number of urea groups is 1. The minimum atomic E-state index is -1.87. The van der Waals surface area contributed by atoms with Gasteiger partial charge >= 0.3 is 30.0 Å². The number of imide groups is 1. The van der Waals surface area contributed by atoms with Gasteiger partial charge in [-0.3, -0.25) is 34.7 Å². The van der Waals surface area contributed by atoms with E-state index in [0.29, 0.717) is 4.90 Å². The molecule has 3 heterocycles. The van der Waals surface area contributed by atoms with Gasteiger partial charge in [0.05, 0.1) is 4.75 Å². The van der Waals surface area contributed by atoms with Crippen molar-refractivity contribution in [2.45, 2.75) is 61.9 Å². The number of hydrogen-bond donors (Lipinski definition) is 3. The molecule has 288 valence electrons. The molecule has 3 fully saturated rings. The van der Waals surface area contributed by atoms with E-state index in [4.69, 9.17) is 19.9 Å². The molecule has 3 saturated heterocycles. The van der Waals surface area contributed by atoms with Crippen LogP contribution in [0.3, 0.4) is 0 Å². The average molecular weight is 773 g/mol. The Kier molecular flexibility index (Phi) is 11.1. The average Bonchev–Trinajstić information content (AvgIpc) is 3.38. The Hall–Kier alpha value is -5.94. The Morgan fingerprint density at radius 1 is 0.855 bits per heavy atom. The summed E-state index contributed by atoms with van der Waals surface area (Å²) in [7, 11) is 0. The van der Waals surface area contributed by atoms with Crippen molar-refractivity contribution in [3.05, 3.63) is 102 Å². The van der Waals surface area contributed by atoms with Crippen LogP contribution in [-0.2, 0) is 46.7 Å². The van der Waals surface area contributed by atoms with Crippen molar-refractivity contribution in [1.29, 1.82) is 0 Å². The Balaban J connectivity index is 1.17. The Morgan fingerprint density at radius 3 is 2.05 bits per heavy atom. The van der Waals surface area contributed by atoms with Gasteiger partial charge in [0.2, 0.25) is 11.6 Å². The lowest BCUT2D eigenvalue weighted by Crippen LogP contribution is -2.79. The van der Waals surface area contributed by atoms with Gasteiger partial charge in [-0.05, 0) is 49.6 Å². The molecule has 0 spiro atoms. The lowest BCUT2D eigenvalue weighted by atomic mass is 9.89. The van der Waals surface area contributed by atoms with Crippen LogP contribution in [0.2, 0.25) is 0 Å². The summed E-state index contributed by atoms with van der Waals surface area (Å²) in [5, 5.41) is 4.42. The predicted molar refractivity (Wildman–Crippen MR) is 196 cm³/mol. The smallest absolute Gasteiger partial charge is 0.458 e. The second-order valence-electron chi connectivity index (χ2n) is 13.5. The first kappa shape index (κ1) is 38.8. The number of β-lactam (4-membered cyclic amide) rings is 1. The minimum absolute atomic E-state index is 0.0201. The van der Waals surface area contributed by atoms with Crippen LogP contribution in [-0.4, -0.2) is 97.9 Å². The molecule has 55 heavy (non-hydrogen) atoms. The fourth-order valence-electron chi connectivity index (χ4n) is 6.43. The van der Waals surface area contributed by atoms with Gasteiger partial charge in [0.25, 0.3) is 5.91 Å². The number of carbonyl (C=O) groups excluding carboxylic acids is 7. The van der Waals surface area contributed by atoms with Gasteiger partial charge in [0.15, 0.2) is 0 Å². The van der Waals surface area contributed by atoms with Crippen molar-refractivity contribution in [2.24, 2.45) is 5.73 Å². The molecule has 17 heteroatoms. The molecule has 6 amide bonds. The van der Waals surface area contributed by atoms with Crippen LogP contribution in [0.25, 0.3) is 0 Å². The van der Waals surface area contributed by atoms with E-state index in [2.05, 4.69) is 10.6 Å². The largest absolute Gasteiger partial charge is 0.514 e. The molecular weight excluding hydrogens is 733 g/mol. The van der Waals surface area contributed by atoms with Crippen LogP contribution in [0.4, 0.5) is 9.59 Å². The minimum Gasteiger partial charge on any atom is -0.458 e. The summed E-state index contributed by atoms with van der Waals surface area (Å²) in [6.45, 7) is 5.29. The van der Waals surface area contributed by atoms with E-state index in [0.717, 1.165) is 11.1 Å². The number of nitrogens with one attached hydrogen (secondary N) is 2. The molecule has 3 aliphatic rings. The number of piperazine rings is 1. The van der Waals surface area contributed by atoms with Crippen molar-refractivity contribution in [1.82, 2.24) is 25.3 Å². The fraction of sp³-hybridized carbons (Fsp3) is 0.342. The SMILES string of the molecule is CCN1CCN(C(=O)NC(C(=O)N[C@H]2C(=O)N3[C@@H]2SC(C)(C)[C@]3(N)C(=O)OCc2ccccc2)c2ccc(OC(=O)OCc3ccccc3)cc2)C(=O)C1=O. The van der Waals surface area contributed by atoms with Gasteiger partial charge in [-0.25, -0.2) is 14.4 Å². The van der Waals surface area contributed by atoms with Crippen molar-refractivity contribution in [3.63, 3.8) is 0 Å². The second kappa shape index (κ2) is 15.8. The van der Waals surface area contributed by atoms with Crippen molar-refractivity contribution < 1.29 is 47.8 Å². The van der Waals surface area contributed by atoms with Gasteiger partial charge in [-0.15, -0.1) is 11.8 Å². The highest BCUT2D eigenvalue weighted by Gasteiger charge is 2.72. The van der Waals surface area contributed by atoms with Crippen molar-refractivity contribution in [3.8, 4) is 5.75 Å². The van der Waals surface area contributed by atoms with E-state index in [1.54, 1.807) is 69.3 Å². The fourth-order valence-corrected chi connectivity index (χ4v) is 8.09. The number of hydrogen-bond acceptors (Lipinski definition) is 12. The molecule has 0 aromatic heterocycles. The maximum atomic E-state index is 14.0. The first-order chi connectivity index (χ1) is 26.2. The zero-order valence-corrected chi connectivity index (χ0v) is 31.1. The third-order valence-corrected chi connectivity index (χ3v) is 11.3. The summed E-state index contributed by atoms with van der Waals surface area (Å²) in [6.07, 6.45) is -0.974. The summed E-state index contributed by atoms with van der Waals surface area (Å²) in [6, 6.07) is 19.9. The number of nitrogens with zero attached hydrogens (tertiary/aromatic N) is 3. The molecule has 3 aromatic carbocycles. The van der Waals surface area contributed by atoms with Crippen LogP contribution in [0.5, 0.6) is 5.75 Å². The van der Waals surface area contributed by atoms with Crippen LogP contribution in [0, 0.1) is 0 Å². The zero-order valence-electron chi connectivity index (χ0n) is 30.3. The van der Waals surface area contributed by atoms with Gasteiger partial charge in [-0.1, -0.05) is 72.8 Å². The van der Waals surface area contributed by atoms with Gasteiger partial charge in [-0.2, -0.15) is 0 Å². The molecule has 4 N–H and O–H groups in total. The lowest BCUT2D eigenvalue weighted by molar-refractivity contribution is -0.176. The summed E-state index contributed by atoms with van der Waals surface area (Å²) < 4.78 is 14.9. The number of amides is 6. The Bertz CT molecular complexity index is 1980. The van der Waals surface area contributed by atoms with Gasteiger partial charge < -0.3 is 29.7 Å². The quantitative estimate of drug-likeness (QED) is 0.111. The maximum Gasteiger partial charge on any atom is 0.514 e. The maximum absolute atomic E-state index is 14.0. The van der Waals surface area contributed by atoms with Crippen molar-refractivity contribution >= 4 is 53.5 Å². The van der Waals surface area contributed by atoms with Crippen LogP contribution in [0.15, 0.2) is 84.9 Å². The van der Waals surface area contributed by atoms with E-state index in [-0.39, 0.29) is 44.2 Å². The van der Waals surface area contributed by atoms with E-state index in [9.17, 15) is 33.6 Å². The molecule has 3 aliphatic heterocycles. The van der Waals surface area contributed by atoms with Crippen LogP contribution < -0.4 is 21.1 Å². The van der Waals surface area contributed by atoms with E-state index in [1.165, 1.54) is 45.8 Å². The number of benzene rings is 3. The highest BCUT2D eigenvalue weighted by Crippen LogP contribution is 2.55. The number of fused-ring (bicyclic) bond motifs is 1. The zero-order chi connectivity index (χ0) is 39.5. The Labute approximate surface area is 320 Å². The van der Waals surface area contributed by atoms with Gasteiger partial charge in [0, 0.05) is 19.6 Å². The summed E-state index contributed by atoms with van der Waals surface area (Å²) in [5.74, 6) is -4.15. The lowest BCUT2D eigenvalue weighted by Gasteiger charge is -2.48. The van der Waals surface area contributed by atoms with Crippen LogP contribution >= 0.6 is 11.8 Å². The number of carbonyl (C=O) groups is 7. The third kappa shape index (κ3) is 7.70. The normalized spacial score (nSPS) is 21.9. The standard InChI is InChI=1S/C38H40N6O10S/c1-4-42-19-20-43(32(48)31(42)47)35(50)41-27(25-15-17-26(18-16-25)54-36(51)53-22-24-13-9-6-10-14-24)29(45)40-28-30(46)44-33(28)55-37(2,3)38(44,39)34(49)52-21-23-11-7-5-8-12-23/h5-18,27-28,33H,4,19-22,39H2,1-3H3,(H,40,45)(H,41,50)/t27?,28-,33+,38-/m0/s1. The molecule has 3 aromatic rings. The molecule has 0 radical (unpaired) electrons. The van der Waals surface area contributed by atoms with E-state index in [1.807, 2.05) is 12.1 Å². The Morgan fingerprint density at radius 2 is 1.45 bits per heavy atom. The summed E-state index contributed by atoms with van der Waals surface area (Å²) in [5.41, 5.74) is 6.48. The first-order valence-electron chi connectivity index (χ1n) is 17.5. The number of likely N-dealkylation sites (N-methyl/N-ethyl adjacent to an activating group) is 1. The highest BCUT2D eigenvalue weighted by molar-refractivity contribution is 8.01. The number of esters is 1. The molecule has 1 unspecified atom stereocenters. The number of ether oxygens (including phenoxy) is 3. The first-order valence-corrected chi connectivity index (χ1v) is 18.3. The van der Waals surface area contributed by atoms with Gasteiger partial charge in [0.1, 0.15) is 36.4 Å². The molecular formula is C38H40N6O10S. The summed E-state index contributed by atoms with van der Waals surface area (Å²) in [4.78, 5) is 95.6. The number of rotatable bonds is 11. The molecule has 0 bridgehead atoms. The topological polar surface area (TPSA) is 207 Å². The molecule has 6 rings (SSSR count). The molecule has 0 aliphatic carbocycles. The highest BCUT2D eigenvalue weighted by atomic mass is 32.2. The number of thioether (sulfide) groups is 1. The van der Waals surface area contributed by atoms with E-state index < -0.39 is 69.7 Å². The molecule has 4 atom stereocenters. The van der Waals surface area contributed by atoms with Crippen molar-refractivity contribution in [2.75, 3.05) is 19.6 Å². The summed E-state index contributed by atoms with van der Waals surface area (Å²) >= 11 is 1.21.